The normalized spacial score (nSPS) is 10.1. The van der Waals surface area contributed by atoms with E-state index in [0.717, 1.165) is 5.56 Å². The topological polar surface area (TPSA) is 59.0 Å². The van der Waals surface area contributed by atoms with Crippen LogP contribution in [0.2, 0.25) is 0 Å². The SMILES string of the molecule is N#Cc1cccc(COCc2ccc(N)cc2)c1F. The molecule has 0 fully saturated rings. The van der Waals surface area contributed by atoms with Gasteiger partial charge in [-0.2, -0.15) is 5.26 Å². The summed E-state index contributed by atoms with van der Waals surface area (Å²) >= 11 is 0. The number of nitrogens with zero attached hydrogens (tertiary/aromatic N) is 1. The van der Waals surface area contributed by atoms with E-state index in [9.17, 15) is 4.39 Å². The highest BCUT2D eigenvalue weighted by atomic mass is 19.1. The summed E-state index contributed by atoms with van der Waals surface area (Å²) in [4.78, 5) is 0. The molecule has 0 atom stereocenters. The molecule has 2 aromatic carbocycles. The van der Waals surface area contributed by atoms with Crippen LogP contribution in [0.1, 0.15) is 16.7 Å². The minimum absolute atomic E-state index is 0.0357. The van der Waals surface area contributed by atoms with Gasteiger partial charge in [-0.25, -0.2) is 4.39 Å². The monoisotopic (exact) mass is 256 g/mol. The van der Waals surface area contributed by atoms with Gasteiger partial charge in [0.05, 0.1) is 18.8 Å². The lowest BCUT2D eigenvalue weighted by molar-refractivity contribution is 0.105. The Morgan fingerprint density at radius 2 is 1.84 bits per heavy atom. The Hall–Kier alpha value is -2.38. The van der Waals surface area contributed by atoms with E-state index in [1.54, 1.807) is 30.3 Å². The molecular weight excluding hydrogens is 243 g/mol. The molecular formula is C15H13FN2O. The molecule has 0 amide bonds. The molecule has 0 saturated heterocycles. The number of hydrogen-bond acceptors (Lipinski definition) is 3. The Kier molecular flexibility index (Phi) is 4.11. The maximum absolute atomic E-state index is 13.7. The number of anilines is 1. The van der Waals surface area contributed by atoms with Crippen LogP contribution in [-0.2, 0) is 18.0 Å². The molecule has 0 aliphatic carbocycles. The van der Waals surface area contributed by atoms with Crippen molar-refractivity contribution in [3.05, 3.63) is 65.0 Å². The molecule has 3 nitrogen and oxygen atoms in total. The van der Waals surface area contributed by atoms with Crippen LogP contribution in [0.5, 0.6) is 0 Å². The van der Waals surface area contributed by atoms with Gasteiger partial charge in [0.1, 0.15) is 11.9 Å². The Labute approximate surface area is 111 Å². The number of nitrogens with two attached hydrogens (primary N) is 1. The molecule has 96 valence electrons. The third-order valence-corrected chi connectivity index (χ3v) is 2.71. The fourth-order valence-electron chi connectivity index (χ4n) is 1.67. The van der Waals surface area contributed by atoms with Gasteiger partial charge in [0.25, 0.3) is 0 Å². The Morgan fingerprint density at radius 1 is 1.11 bits per heavy atom. The van der Waals surface area contributed by atoms with Crippen LogP contribution in [0.4, 0.5) is 10.1 Å². The second-order valence-corrected chi connectivity index (χ2v) is 4.12. The molecule has 0 aliphatic heterocycles. The first-order valence-electron chi connectivity index (χ1n) is 5.80. The third-order valence-electron chi connectivity index (χ3n) is 2.71. The van der Waals surface area contributed by atoms with Gasteiger partial charge in [0, 0.05) is 11.3 Å². The summed E-state index contributed by atoms with van der Waals surface area (Å²) < 4.78 is 19.2. The fraction of sp³-hybridized carbons (Fsp3) is 0.133. The maximum atomic E-state index is 13.7. The Balaban J connectivity index is 1.96. The zero-order valence-corrected chi connectivity index (χ0v) is 10.3. The molecule has 0 spiro atoms. The lowest BCUT2D eigenvalue weighted by Crippen LogP contribution is -1.99. The van der Waals surface area contributed by atoms with Crippen molar-refractivity contribution in [3.8, 4) is 6.07 Å². The first kappa shape index (κ1) is 13.1. The highest BCUT2D eigenvalue weighted by Crippen LogP contribution is 2.14. The molecule has 2 rings (SSSR count). The standard InChI is InChI=1S/C15H13FN2O/c16-15-12(8-17)2-1-3-13(15)10-19-9-11-4-6-14(18)7-5-11/h1-7H,9-10,18H2. The summed E-state index contributed by atoms with van der Waals surface area (Å²) in [5, 5.41) is 8.73. The number of rotatable bonds is 4. The summed E-state index contributed by atoms with van der Waals surface area (Å²) in [5.41, 5.74) is 7.65. The van der Waals surface area contributed by atoms with Crippen molar-refractivity contribution in [2.24, 2.45) is 0 Å². The molecule has 0 bridgehead atoms. The van der Waals surface area contributed by atoms with Gasteiger partial charge >= 0.3 is 0 Å². The van der Waals surface area contributed by atoms with Gasteiger partial charge in [-0.15, -0.1) is 0 Å². The van der Waals surface area contributed by atoms with Crippen LogP contribution in [0.3, 0.4) is 0 Å². The van der Waals surface area contributed by atoms with E-state index in [-0.39, 0.29) is 12.2 Å². The molecule has 0 radical (unpaired) electrons. The van der Waals surface area contributed by atoms with Gasteiger partial charge in [0.15, 0.2) is 0 Å². The number of ether oxygens (including phenoxy) is 1. The zero-order chi connectivity index (χ0) is 13.7. The quantitative estimate of drug-likeness (QED) is 0.855. The second-order valence-electron chi connectivity index (χ2n) is 4.12. The van der Waals surface area contributed by atoms with Gasteiger partial charge in [-0.05, 0) is 23.8 Å². The Morgan fingerprint density at radius 3 is 2.53 bits per heavy atom. The molecule has 0 saturated carbocycles. The van der Waals surface area contributed by atoms with Crippen molar-refractivity contribution in [3.63, 3.8) is 0 Å². The average molecular weight is 256 g/mol. The average Bonchev–Trinajstić information content (AvgIpc) is 2.43. The summed E-state index contributed by atoms with van der Waals surface area (Å²) in [5.74, 6) is -0.512. The van der Waals surface area contributed by atoms with Crippen LogP contribution < -0.4 is 5.73 Å². The van der Waals surface area contributed by atoms with Crippen molar-refractivity contribution in [2.45, 2.75) is 13.2 Å². The van der Waals surface area contributed by atoms with E-state index in [2.05, 4.69) is 0 Å². The Bertz CT molecular complexity index is 603. The van der Waals surface area contributed by atoms with Crippen molar-refractivity contribution >= 4 is 5.69 Å². The van der Waals surface area contributed by atoms with Gasteiger partial charge in [-0.3, -0.25) is 0 Å². The lowest BCUT2D eigenvalue weighted by atomic mass is 10.1. The van der Waals surface area contributed by atoms with E-state index in [4.69, 9.17) is 15.7 Å². The van der Waals surface area contributed by atoms with Gasteiger partial charge < -0.3 is 10.5 Å². The molecule has 4 heteroatoms. The van der Waals surface area contributed by atoms with E-state index in [0.29, 0.717) is 17.9 Å². The molecule has 2 aromatic rings. The van der Waals surface area contributed by atoms with Crippen LogP contribution in [-0.4, -0.2) is 0 Å². The molecule has 0 aromatic heterocycles. The summed E-state index contributed by atoms with van der Waals surface area (Å²) in [7, 11) is 0. The minimum atomic E-state index is -0.512. The van der Waals surface area contributed by atoms with Gasteiger partial charge in [0.2, 0.25) is 0 Å². The lowest BCUT2D eigenvalue weighted by Gasteiger charge is -2.06. The van der Waals surface area contributed by atoms with Crippen LogP contribution >= 0.6 is 0 Å². The predicted octanol–water partition coefficient (Wildman–Crippen LogP) is 3.00. The smallest absolute Gasteiger partial charge is 0.146 e. The number of halogens is 1. The van der Waals surface area contributed by atoms with E-state index >= 15 is 0 Å². The maximum Gasteiger partial charge on any atom is 0.146 e. The summed E-state index contributed by atoms with van der Waals surface area (Å²) in [6, 6.07) is 13.8. The van der Waals surface area contributed by atoms with E-state index in [1.807, 2.05) is 12.1 Å². The number of nitriles is 1. The number of nitrogen functional groups attached to an aromatic ring is 1. The third kappa shape index (κ3) is 3.30. The highest BCUT2D eigenvalue weighted by molar-refractivity contribution is 5.39. The van der Waals surface area contributed by atoms with Crippen LogP contribution in [0, 0.1) is 17.1 Å². The van der Waals surface area contributed by atoms with E-state index in [1.165, 1.54) is 6.07 Å². The van der Waals surface area contributed by atoms with Gasteiger partial charge in [-0.1, -0.05) is 24.3 Å². The second kappa shape index (κ2) is 5.98. The fourth-order valence-corrected chi connectivity index (χ4v) is 1.67. The number of hydrogen-bond donors (Lipinski definition) is 1. The first-order valence-corrected chi connectivity index (χ1v) is 5.80. The summed E-state index contributed by atoms with van der Waals surface area (Å²) in [6.45, 7) is 0.502. The van der Waals surface area contributed by atoms with Crippen molar-refractivity contribution in [1.29, 1.82) is 5.26 Å². The largest absolute Gasteiger partial charge is 0.399 e. The van der Waals surface area contributed by atoms with Crippen molar-refractivity contribution < 1.29 is 9.13 Å². The van der Waals surface area contributed by atoms with Crippen LogP contribution in [0.15, 0.2) is 42.5 Å². The van der Waals surface area contributed by atoms with Crippen molar-refractivity contribution in [2.75, 3.05) is 5.73 Å². The minimum Gasteiger partial charge on any atom is -0.399 e. The molecule has 2 N–H and O–H groups in total. The molecule has 0 aliphatic rings. The molecule has 0 unspecified atom stereocenters. The molecule has 19 heavy (non-hydrogen) atoms. The van der Waals surface area contributed by atoms with E-state index < -0.39 is 5.82 Å². The zero-order valence-electron chi connectivity index (χ0n) is 10.3. The highest BCUT2D eigenvalue weighted by Gasteiger charge is 2.07. The first-order chi connectivity index (χ1) is 9.20. The predicted molar refractivity (Wildman–Crippen MR) is 70.5 cm³/mol. The number of benzene rings is 2. The summed E-state index contributed by atoms with van der Waals surface area (Å²) in [6.07, 6.45) is 0. The van der Waals surface area contributed by atoms with Crippen molar-refractivity contribution in [1.82, 2.24) is 0 Å². The van der Waals surface area contributed by atoms with Crippen LogP contribution in [0.25, 0.3) is 0 Å². The molecule has 0 heterocycles.